The van der Waals surface area contributed by atoms with E-state index in [1.807, 2.05) is 0 Å². The number of anilines is 1. The van der Waals surface area contributed by atoms with E-state index in [1.54, 1.807) is 7.11 Å². The highest BCUT2D eigenvalue weighted by atomic mass is 16.7. The zero-order valence-corrected chi connectivity index (χ0v) is 14.0. The van der Waals surface area contributed by atoms with Crippen molar-refractivity contribution < 1.29 is 14.0 Å². The Morgan fingerprint density at radius 2 is 1.57 bits per heavy atom. The predicted octanol–water partition coefficient (Wildman–Crippen LogP) is 2.07. The van der Waals surface area contributed by atoms with Gasteiger partial charge in [-0.1, -0.05) is 12.1 Å². The molecule has 0 radical (unpaired) electrons. The number of ether oxygens (including phenoxy) is 1. The lowest BCUT2D eigenvalue weighted by Crippen LogP contribution is -2.41. The molecule has 1 fully saturated rings. The standard InChI is InChI=1S/C16H26BNO3/c1-15(2)16(3,4)21-17(20-15)13-7-9-14(10-8-13)18(5)11-12-19-6/h7-10H,11-12H2,1-6H3. The molecule has 2 rings (SSSR count). The van der Waals surface area contributed by atoms with Crippen LogP contribution in [0.5, 0.6) is 0 Å². The second kappa shape index (κ2) is 5.99. The summed E-state index contributed by atoms with van der Waals surface area (Å²) in [5.41, 5.74) is 1.61. The topological polar surface area (TPSA) is 30.9 Å². The Kier molecular flexibility index (Phi) is 4.66. The van der Waals surface area contributed by atoms with Gasteiger partial charge < -0.3 is 18.9 Å². The summed E-state index contributed by atoms with van der Waals surface area (Å²) in [5, 5.41) is 0. The maximum Gasteiger partial charge on any atom is 0.494 e. The fraction of sp³-hybridized carbons (Fsp3) is 0.625. The average molecular weight is 291 g/mol. The highest BCUT2D eigenvalue weighted by molar-refractivity contribution is 6.62. The van der Waals surface area contributed by atoms with E-state index in [4.69, 9.17) is 14.0 Å². The van der Waals surface area contributed by atoms with Crippen LogP contribution < -0.4 is 10.4 Å². The second-order valence-electron chi connectivity index (χ2n) is 6.59. The Hall–Kier alpha value is -1.04. The van der Waals surface area contributed by atoms with E-state index in [1.165, 1.54) is 0 Å². The normalized spacial score (nSPS) is 19.8. The van der Waals surface area contributed by atoms with Crippen molar-refractivity contribution in [3.05, 3.63) is 24.3 Å². The lowest BCUT2D eigenvalue weighted by Gasteiger charge is -2.32. The first-order valence-electron chi connectivity index (χ1n) is 7.42. The highest BCUT2D eigenvalue weighted by Gasteiger charge is 2.51. The van der Waals surface area contributed by atoms with Crippen molar-refractivity contribution in [2.75, 3.05) is 32.2 Å². The van der Waals surface area contributed by atoms with Crippen molar-refractivity contribution in [2.24, 2.45) is 0 Å². The van der Waals surface area contributed by atoms with Crippen LogP contribution in [0.4, 0.5) is 5.69 Å². The molecule has 0 amide bonds. The molecule has 1 aliphatic heterocycles. The third-order valence-corrected chi connectivity index (χ3v) is 4.49. The van der Waals surface area contributed by atoms with Crippen molar-refractivity contribution in [1.82, 2.24) is 0 Å². The molecule has 4 nitrogen and oxygen atoms in total. The van der Waals surface area contributed by atoms with Crippen LogP contribution in [-0.4, -0.2) is 45.6 Å². The third kappa shape index (κ3) is 3.42. The number of likely N-dealkylation sites (N-methyl/N-ethyl adjacent to an activating group) is 1. The lowest BCUT2D eigenvalue weighted by atomic mass is 9.79. The minimum absolute atomic E-state index is 0.298. The maximum absolute atomic E-state index is 6.06. The van der Waals surface area contributed by atoms with Crippen LogP contribution in [0.15, 0.2) is 24.3 Å². The largest absolute Gasteiger partial charge is 0.494 e. The molecule has 5 heteroatoms. The van der Waals surface area contributed by atoms with Gasteiger partial charge in [-0.15, -0.1) is 0 Å². The fourth-order valence-electron chi connectivity index (χ4n) is 2.22. The smallest absolute Gasteiger partial charge is 0.399 e. The van der Waals surface area contributed by atoms with E-state index in [0.717, 1.165) is 24.3 Å². The number of hydrogen-bond acceptors (Lipinski definition) is 4. The van der Waals surface area contributed by atoms with E-state index in [0.29, 0.717) is 0 Å². The molecule has 0 aliphatic carbocycles. The minimum Gasteiger partial charge on any atom is -0.399 e. The van der Waals surface area contributed by atoms with Gasteiger partial charge in [0, 0.05) is 26.4 Å². The Balaban J connectivity index is 2.07. The monoisotopic (exact) mass is 291 g/mol. The number of benzene rings is 1. The molecular weight excluding hydrogens is 265 g/mol. The van der Waals surface area contributed by atoms with Crippen LogP contribution in [0.1, 0.15) is 27.7 Å². The quantitative estimate of drug-likeness (QED) is 0.777. The van der Waals surface area contributed by atoms with Gasteiger partial charge in [-0.3, -0.25) is 0 Å². The summed E-state index contributed by atoms with van der Waals surface area (Å²) in [5.74, 6) is 0. The van der Waals surface area contributed by atoms with Gasteiger partial charge in [0.1, 0.15) is 0 Å². The molecule has 1 aromatic carbocycles. The summed E-state index contributed by atoms with van der Waals surface area (Å²) in [6.07, 6.45) is 0. The first-order valence-corrected chi connectivity index (χ1v) is 7.42. The molecular formula is C16H26BNO3. The fourth-order valence-corrected chi connectivity index (χ4v) is 2.22. The summed E-state index contributed by atoms with van der Waals surface area (Å²) in [6, 6.07) is 8.33. The lowest BCUT2D eigenvalue weighted by molar-refractivity contribution is 0.00578. The molecule has 0 unspecified atom stereocenters. The van der Waals surface area contributed by atoms with E-state index in [9.17, 15) is 0 Å². The molecule has 1 aromatic rings. The molecule has 1 heterocycles. The summed E-state index contributed by atoms with van der Waals surface area (Å²) in [6.45, 7) is 9.86. The second-order valence-corrected chi connectivity index (χ2v) is 6.59. The van der Waals surface area contributed by atoms with Crippen molar-refractivity contribution in [3.63, 3.8) is 0 Å². The zero-order chi connectivity index (χ0) is 15.7. The number of rotatable bonds is 5. The van der Waals surface area contributed by atoms with Crippen molar-refractivity contribution in [1.29, 1.82) is 0 Å². The van der Waals surface area contributed by atoms with E-state index < -0.39 is 0 Å². The van der Waals surface area contributed by atoms with Gasteiger partial charge in [0.25, 0.3) is 0 Å². The van der Waals surface area contributed by atoms with Gasteiger partial charge in [-0.05, 0) is 45.3 Å². The predicted molar refractivity (Wildman–Crippen MR) is 87.3 cm³/mol. The molecule has 0 N–H and O–H groups in total. The van der Waals surface area contributed by atoms with Gasteiger partial charge in [0.15, 0.2) is 0 Å². The average Bonchev–Trinajstić information content (AvgIpc) is 2.65. The van der Waals surface area contributed by atoms with Crippen LogP contribution >= 0.6 is 0 Å². The summed E-state index contributed by atoms with van der Waals surface area (Å²) in [4.78, 5) is 2.16. The third-order valence-electron chi connectivity index (χ3n) is 4.49. The van der Waals surface area contributed by atoms with E-state index in [-0.39, 0.29) is 18.3 Å². The first-order chi connectivity index (χ1) is 9.77. The minimum atomic E-state index is -0.300. The van der Waals surface area contributed by atoms with Crippen molar-refractivity contribution in [2.45, 2.75) is 38.9 Å². The maximum atomic E-state index is 6.06. The van der Waals surface area contributed by atoms with Crippen LogP contribution in [0.2, 0.25) is 0 Å². The van der Waals surface area contributed by atoms with Gasteiger partial charge in [-0.2, -0.15) is 0 Å². The van der Waals surface area contributed by atoms with Gasteiger partial charge in [-0.25, -0.2) is 0 Å². The molecule has 116 valence electrons. The van der Waals surface area contributed by atoms with E-state index in [2.05, 4.69) is 63.9 Å². The van der Waals surface area contributed by atoms with Gasteiger partial charge >= 0.3 is 7.12 Å². The zero-order valence-electron chi connectivity index (χ0n) is 14.0. The van der Waals surface area contributed by atoms with Crippen molar-refractivity contribution in [3.8, 4) is 0 Å². The summed E-state index contributed by atoms with van der Waals surface area (Å²) >= 11 is 0. The van der Waals surface area contributed by atoms with Crippen LogP contribution in [0, 0.1) is 0 Å². The van der Waals surface area contributed by atoms with Crippen LogP contribution in [-0.2, 0) is 14.0 Å². The molecule has 0 spiro atoms. The molecule has 1 saturated heterocycles. The molecule has 0 bridgehead atoms. The molecule has 21 heavy (non-hydrogen) atoms. The number of methoxy groups -OCH3 is 1. The Labute approximate surface area is 128 Å². The Morgan fingerprint density at radius 3 is 2.05 bits per heavy atom. The molecule has 0 atom stereocenters. The first kappa shape index (κ1) is 16.3. The number of nitrogens with zero attached hydrogens (tertiary/aromatic N) is 1. The molecule has 0 saturated carbocycles. The van der Waals surface area contributed by atoms with Crippen molar-refractivity contribution >= 4 is 18.3 Å². The van der Waals surface area contributed by atoms with Crippen LogP contribution in [0.3, 0.4) is 0 Å². The van der Waals surface area contributed by atoms with Gasteiger partial charge in [0.2, 0.25) is 0 Å². The summed E-state index contributed by atoms with van der Waals surface area (Å²) < 4.78 is 17.2. The van der Waals surface area contributed by atoms with Gasteiger partial charge in [0.05, 0.1) is 17.8 Å². The SMILES string of the molecule is COCCN(C)c1ccc(B2OC(C)(C)C(C)(C)O2)cc1. The van der Waals surface area contributed by atoms with E-state index >= 15 is 0 Å². The molecule has 0 aromatic heterocycles. The Morgan fingerprint density at radius 1 is 1.05 bits per heavy atom. The molecule has 1 aliphatic rings. The Bertz CT molecular complexity index is 457. The number of hydrogen-bond donors (Lipinski definition) is 0. The summed E-state index contributed by atoms with van der Waals surface area (Å²) in [7, 11) is 3.48. The van der Waals surface area contributed by atoms with Crippen LogP contribution in [0.25, 0.3) is 0 Å². The highest BCUT2D eigenvalue weighted by Crippen LogP contribution is 2.36.